The van der Waals surface area contributed by atoms with Crippen molar-refractivity contribution < 1.29 is 24.4 Å². The van der Waals surface area contributed by atoms with Crippen LogP contribution in [0.4, 0.5) is 0 Å². The van der Waals surface area contributed by atoms with Crippen LogP contribution in [0.15, 0.2) is 0 Å². The zero-order valence-electron chi connectivity index (χ0n) is 7.61. The molecule has 0 aliphatic rings. The predicted molar refractivity (Wildman–Crippen MR) is 44.8 cm³/mol. The number of ether oxygens (including phenoxy) is 2. The average Bonchev–Trinajstić information content (AvgIpc) is 2.16. The number of nitrogens with two attached hydrogens (primary N) is 1. The van der Waals surface area contributed by atoms with Crippen molar-refractivity contribution in [3.8, 4) is 0 Å². The molecule has 13 heavy (non-hydrogen) atoms. The molecule has 0 unspecified atom stereocenters. The fourth-order valence-corrected chi connectivity index (χ4v) is 0.526. The molecule has 0 saturated heterocycles. The Bertz CT molecular complexity index is 83.0. The molecule has 0 spiro atoms. The van der Waals surface area contributed by atoms with Gasteiger partial charge in [-0.15, -0.1) is 0 Å². The maximum atomic E-state index is 8.29. The van der Waals surface area contributed by atoms with Gasteiger partial charge < -0.3 is 20.3 Å². The maximum Gasteiger partial charge on any atom is 0.180 e. The second-order valence-electron chi connectivity index (χ2n) is 2.09. The Labute approximate surface area is 77.4 Å². The molecule has 0 aromatic rings. The van der Waals surface area contributed by atoms with Gasteiger partial charge >= 0.3 is 0 Å². The highest BCUT2D eigenvalue weighted by molar-refractivity contribution is 4.30. The lowest BCUT2D eigenvalue weighted by atomic mass is 10.7. The van der Waals surface area contributed by atoms with Crippen LogP contribution in [-0.4, -0.2) is 51.5 Å². The van der Waals surface area contributed by atoms with E-state index in [4.69, 9.17) is 20.3 Å². The molecule has 0 bridgehead atoms. The molecule has 0 aliphatic heterocycles. The van der Waals surface area contributed by atoms with Crippen molar-refractivity contribution in [2.24, 2.45) is 5.73 Å². The first kappa shape index (κ1) is 12.8. The molecular formula is C7H17NO5. The summed E-state index contributed by atoms with van der Waals surface area (Å²) in [5.74, 6) is 0. The molecule has 0 aliphatic carbocycles. The third-order valence-corrected chi connectivity index (χ3v) is 1.02. The van der Waals surface area contributed by atoms with E-state index in [0.29, 0.717) is 26.4 Å². The van der Waals surface area contributed by atoms with E-state index < -0.39 is 0 Å². The molecule has 0 rings (SSSR count). The molecule has 0 heterocycles. The van der Waals surface area contributed by atoms with E-state index in [1.54, 1.807) is 0 Å². The van der Waals surface area contributed by atoms with Gasteiger partial charge in [-0.3, -0.25) is 0 Å². The monoisotopic (exact) mass is 195 g/mol. The van der Waals surface area contributed by atoms with Gasteiger partial charge in [0, 0.05) is 6.54 Å². The molecular weight excluding hydrogens is 178 g/mol. The summed E-state index contributed by atoms with van der Waals surface area (Å²) in [7, 11) is 0. The van der Waals surface area contributed by atoms with Crippen LogP contribution >= 0.6 is 0 Å². The molecule has 0 aromatic heterocycles. The largest absolute Gasteiger partial charge is 0.394 e. The summed E-state index contributed by atoms with van der Waals surface area (Å²) >= 11 is 0. The third kappa shape index (κ3) is 11.8. The Balaban J connectivity index is 2.76. The van der Waals surface area contributed by atoms with Crippen LogP contribution in [0.3, 0.4) is 0 Å². The highest BCUT2D eigenvalue weighted by Crippen LogP contribution is 1.81. The molecule has 0 aromatic carbocycles. The molecule has 0 fully saturated rings. The lowest BCUT2D eigenvalue weighted by molar-refractivity contribution is -0.339. The van der Waals surface area contributed by atoms with E-state index in [1.807, 2.05) is 0 Å². The average molecular weight is 195 g/mol. The van der Waals surface area contributed by atoms with Crippen LogP contribution in [0.2, 0.25) is 0 Å². The molecule has 3 N–H and O–H groups in total. The lowest BCUT2D eigenvalue weighted by Crippen LogP contribution is -2.13. The molecule has 80 valence electrons. The van der Waals surface area contributed by atoms with Crippen LogP contribution in [0.25, 0.3) is 0 Å². The second kappa shape index (κ2) is 11.8. The Morgan fingerprint density at radius 2 is 1.69 bits per heavy atom. The smallest absolute Gasteiger partial charge is 0.180 e. The third-order valence-electron chi connectivity index (χ3n) is 1.02. The minimum atomic E-state index is -0.0698. The van der Waals surface area contributed by atoms with Gasteiger partial charge in [0.05, 0.1) is 26.4 Å². The summed E-state index contributed by atoms with van der Waals surface area (Å²) in [6.45, 7) is 2.07. The van der Waals surface area contributed by atoms with Crippen LogP contribution < -0.4 is 5.73 Å². The number of aliphatic hydroxyl groups is 1. The summed E-state index contributed by atoms with van der Waals surface area (Å²) in [5, 5.41) is 8.29. The van der Waals surface area contributed by atoms with E-state index in [1.165, 1.54) is 0 Å². The quantitative estimate of drug-likeness (QED) is 0.199. The van der Waals surface area contributed by atoms with Gasteiger partial charge in [-0.2, -0.15) is 0 Å². The Hall–Kier alpha value is -0.240. The minimum absolute atomic E-state index is 0.0337. The molecule has 0 amide bonds. The van der Waals surface area contributed by atoms with Crippen molar-refractivity contribution in [1.29, 1.82) is 0 Å². The maximum absolute atomic E-state index is 8.29. The number of hydrogen-bond donors (Lipinski definition) is 2. The topological polar surface area (TPSA) is 83.2 Å². The highest BCUT2D eigenvalue weighted by atomic mass is 17.2. The predicted octanol–water partition coefficient (Wildman–Crippen LogP) is -1.12. The SMILES string of the molecule is NCCOCCOCOOCCO. The fourth-order valence-electron chi connectivity index (χ4n) is 0.526. The fraction of sp³-hybridized carbons (Fsp3) is 1.00. The van der Waals surface area contributed by atoms with Crippen molar-refractivity contribution in [3.63, 3.8) is 0 Å². The van der Waals surface area contributed by atoms with Crippen LogP contribution in [0.1, 0.15) is 0 Å². The van der Waals surface area contributed by atoms with Crippen LogP contribution in [-0.2, 0) is 19.2 Å². The minimum Gasteiger partial charge on any atom is -0.394 e. The van der Waals surface area contributed by atoms with Crippen molar-refractivity contribution in [1.82, 2.24) is 0 Å². The zero-order valence-corrected chi connectivity index (χ0v) is 7.61. The molecule has 6 nitrogen and oxygen atoms in total. The number of aliphatic hydroxyl groups excluding tert-OH is 1. The Kier molecular flexibility index (Phi) is 11.5. The van der Waals surface area contributed by atoms with Crippen molar-refractivity contribution in [3.05, 3.63) is 0 Å². The van der Waals surface area contributed by atoms with Gasteiger partial charge in [-0.25, -0.2) is 9.78 Å². The molecule has 0 saturated carbocycles. The van der Waals surface area contributed by atoms with E-state index in [0.717, 1.165) is 0 Å². The summed E-state index contributed by atoms with van der Waals surface area (Å²) in [4.78, 5) is 8.99. The summed E-state index contributed by atoms with van der Waals surface area (Å²) < 4.78 is 9.96. The Morgan fingerprint density at radius 3 is 2.38 bits per heavy atom. The molecule has 0 radical (unpaired) electrons. The Morgan fingerprint density at radius 1 is 0.923 bits per heavy atom. The highest BCUT2D eigenvalue weighted by Gasteiger charge is 1.89. The van der Waals surface area contributed by atoms with Gasteiger partial charge in [-0.1, -0.05) is 0 Å². The zero-order chi connectivity index (χ0) is 9.78. The van der Waals surface area contributed by atoms with Gasteiger partial charge in [0.15, 0.2) is 6.79 Å². The number of rotatable bonds is 10. The first-order valence-corrected chi connectivity index (χ1v) is 4.12. The van der Waals surface area contributed by atoms with Crippen molar-refractivity contribution in [2.45, 2.75) is 0 Å². The van der Waals surface area contributed by atoms with E-state index in [-0.39, 0.29) is 20.0 Å². The molecule has 6 heteroatoms. The normalized spacial score (nSPS) is 10.6. The summed E-state index contributed by atoms with van der Waals surface area (Å²) in [6.07, 6.45) is 0. The summed E-state index contributed by atoms with van der Waals surface area (Å²) in [5.41, 5.74) is 5.19. The first-order chi connectivity index (χ1) is 6.41. The number of hydrogen-bond acceptors (Lipinski definition) is 6. The van der Waals surface area contributed by atoms with Crippen molar-refractivity contribution >= 4 is 0 Å². The van der Waals surface area contributed by atoms with Gasteiger partial charge in [0.1, 0.15) is 6.61 Å². The van der Waals surface area contributed by atoms with E-state index in [2.05, 4.69) is 9.78 Å². The van der Waals surface area contributed by atoms with Gasteiger partial charge in [-0.05, 0) is 0 Å². The van der Waals surface area contributed by atoms with Gasteiger partial charge in [0.25, 0.3) is 0 Å². The lowest BCUT2D eigenvalue weighted by Gasteiger charge is -2.04. The first-order valence-electron chi connectivity index (χ1n) is 4.12. The standard InChI is InChI=1S/C7H17NO5/c8-1-3-10-5-6-11-7-13-12-4-2-9/h9H,1-8H2. The van der Waals surface area contributed by atoms with E-state index in [9.17, 15) is 0 Å². The van der Waals surface area contributed by atoms with Crippen molar-refractivity contribution in [2.75, 3.05) is 46.4 Å². The van der Waals surface area contributed by atoms with Crippen LogP contribution in [0.5, 0.6) is 0 Å². The second-order valence-corrected chi connectivity index (χ2v) is 2.09. The van der Waals surface area contributed by atoms with Gasteiger partial charge in [0.2, 0.25) is 0 Å². The van der Waals surface area contributed by atoms with Crippen LogP contribution in [0, 0.1) is 0 Å². The molecule has 0 atom stereocenters. The summed E-state index contributed by atoms with van der Waals surface area (Å²) in [6, 6.07) is 0. The van der Waals surface area contributed by atoms with E-state index >= 15 is 0 Å².